The predicted molar refractivity (Wildman–Crippen MR) is 205 cm³/mol. The Balaban J connectivity index is 1.22. The van der Waals surface area contributed by atoms with Crippen LogP contribution < -0.4 is 0 Å². The smallest absolute Gasteiger partial charge is 0.160 e. The van der Waals surface area contributed by atoms with Crippen LogP contribution in [0, 0.1) is 0 Å². The lowest BCUT2D eigenvalue weighted by Crippen LogP contribution is -1.98. The van der Waals surface area contributed by atoms with Crippen molar-refractivity contribution in [3.63, 3.8) is 0 Å². The van der Waals surface area contributed by atoms with Crippen molar-refractivity contribution in [3.8, 4) is 39.6 Å². The van der Waals surface area contributed by atoms with Crippen molar-refractivity contribution in [2.75, 3.05) is 0 Å². The van der Waals surface area contributed by atoms with Gasteiger partial charge in [-0.2, -0.15) is 0 Å². The fraction of sp³-hybridized carbons (Fsp3) is 0. The molecule has 0 N–H and O–H groups in total. The normalized spacial score (nSPS) is 11.7. The second-order valence-corrected chi connectivity index (χ2v) is 12.6. The minimum Gasteiger partial charge on any atom is -0.309 e. The number of benzene rings is 8. The van der Waals surface area contributed by atoms with Gasteiger partial charge in [-0.25, -0.2) is 9.97 Å². The molecule has 0 aliphatic carbocycles. The first-order valence-electron chi connectivity index (χ1n) is 16.7. The Hall–Kier alpha value is -6.58. The third-order valence-electron chi connectivity index (χ3n) is 9.78. The van der Waals surface area contributed by atoms with E-state index in [1.54, 1.807) is 0 Å². The molecule has 8 aromatic carbocycles. The fourth-order valence-electron chi connectivity index (χ4n) is 7.51. The van der Waals surface area contributed by atoms with Crippen molar-refractivity contribution in [1.29, 1.82) is 0 Å². The van der Waals surface area contributed by atoms with E-state index < -0.39 is 0 Å². The summed E-state index contributed by atoms with van der Waals surface area (Å²) >= 11 is 0. The number of nitrogens with zero attached hydrogens (tertiary/aromatic N) is 3. The quantitative estimate of drug-likeness (QED) is 0.183. The van der Waals surface area contributed by atoms with Gasteiger partial charge in [-0.1, -0.05) is 152 Å². The number of hydrogen-bond acceptors (Lipinski definition) is 2. The number of hydrogen-bond donors (Lipinski definition) is 0. The lowest BCUT2D eigenvalue weighted by atomic mass is 9.96. The van der Waals surface area contributed by atoms with Crippen LogP contribution in [-0.2, 0) is 0 Å². The summed E-state index contributed by atoms with van der Waals surface area (Å²) in [4.78, 5) is 10.3. The van der Waals surface area contributed by atoms with E-state index in [1.165, 1.54) is 54.1 Å². The van der Waals surface area contributed by atoms with E-state index in [9.17, 15) is 0 Å². The van der Waals surface area contributed by atoms with E-state index in [-0.39, 0.29) is 0 Å². The Bertz CT molecular complexity index is 2810. The molecule has 10 aromatic rings. The van der Waals surface area contributed by atoms with Crippen LogP contribution in [-0.4, -0.2) is 14.5 Å². The van der Waals surface area contributed by atoms with Gasteiger partial charge >= 0.3 is 0 Å². The van der Waals surface area contributed by atoms with Crippen molar-refractivity contribution in [3.05, 3.63) is 176 Å². The molecule has 228 valence electrons. The molecule has 0 saturated carbocycles. The summed E-state index contributed by atoms with van der Waals surface area (Å²) in [6.07, 6.45) is 0. The molecular formula is C46H29N3. The zero-order chi connectivity index (χ0) is 32.3. The van der Waals surface area contributed by atoms with Crippen LogP contribution in [0.1, 0.15) is 0 Å². The molecule has 0 saturated heterocycles. The zero-order valence-corrected chi connectivity index (χ0v) is 26.6. The molecule has 0 bridgehead atoms. The molecule has 49 heavy (non-hydrogen) atoms. The summed E-state index contributed by atoms with van der Waals surface area (Å²) in [5.41, 5.74) is 8.34. The average Bonchev–Trinajstić information content (AvgIpc) is 3.53. The van der Waals surface area contributed by atoms with Gasteiger partial charge in [0.25, 0.3) is 0 Å². The van der Waals surface area contributed by atoms with Crippen molar-refractivity contribution in [2.24, 2.45) is 0 Å². The highest BCUT2D eigenvalue weighted by atomic mass is 15.0. The summed E-state index contributed by atoms with van der Waals surface area (Å²) in [7, 11) is 0. The van der Waals surface area contributed by atoms with E-state index in [0.29, 0.717) is 5.82 Å². The van der Waals surface area contributed by atoms with Crippen LogP contribution in [0.3, 0.4) is 0 Å². The highest BCUT2D eigenvalue weighted by Crippen LogP contribution is 2.40. The van der Waals surface area contributed by atoms with Gasteiger partial charge in [0.2, 0.25) is 0 Å². The molecular weight excluding hydrogens is 595 g/mol. The maximum absolute atomic E-state index is 5.14. The van der Waals surface area contributed by atoms with Gasteiger partial charge < -0.3 is 4.57 Å². The van der Waals surface area contributed by atoms with Gasteiger partial charge in [-0.05, 0) is 51.2 Å². The molecule has 0 aliphatic rings. The van der Waals surface area contributed by atoms with Gasteiger partial charge in [-0.15, -0.1) is 0 Å². The topological polar surface area (TPSA) is 30.7 Å². The molecule has 0 aliphatic heterocycles. The van der Waals surface area contributed by atoms with Gasteiger partial charge in [0.15, 0.2) is 5.82 Å². The van der Waals surface area contributed by atoms with Crippen LogP contribution in [0.4, 0.5) is 0 Å². The standard InChI is InChI=1S/C46H29N3/c1-3-13-31(14-4-1)42-29-43(32-15-5-2-6-16-32)48-46(47-42)33-17-11-18-34(28-33)49-44-21-10-9-20-39(44)41-27-25-38-37-23-22-30-12-7-8-19-35(30)36(37)24-26-40(38)45(41)49/h1-29H. The van der Waals surface area contributed by atoms with Crippen LogP contribution in [0.2, 0.25) is 0 Å². The first-order valence-corrected chi connectivity index (χ1v) is 16.7. The molecule has 10 rings (SSSR count). The first-order chi connectivity index (χ1) is 24.3. The Labute approximate surface area is 283 Å². The molecule has 0 unspecified atom stereocenters. The summed E-state index contributed by atoms with van der Waals surface area (Å²) in [6, 6.07) is 62.6. The minimum atomic E-state index is 0.700. The number of rotatable bonds is 4. The Morgan fingerprint density at radius 3 is 1.61 bits per heavy atom. The molecule has 3 heteroatoms. The molecule has 0 fully saturated rings. The first kappa shape index (κ1) is 27.5. The highest BCUT2D eigenvalue weighted by Gasteiger charge is 2.18. The highest BCUT2D eigenvalue weighted by molar-refractivity contribution is 6.25. The number of para-hydroxylation sites is 1. The third-order valence-corrected chi connectivity index (χ3v) is 9.78. The SMILES string of the molecule is c1ccc(-c2cc(-c3ccccc3)nc(-c3cccc(-n4c5ccccc5c5ccc6c7ccc8ccccc8c7ccc6c54)c3)n2)cc1. The fourth-order valence-corrected chi connectivity index (χ4v) is 7.51. The molecule has 0 radical (unpaired) electrons. The van der Waals surface area contributed by atoms with Gasteiger partial charge in [0.1, 0.15) is 0 Å². The van der Waals surface area contributed by atoms with Crippen molar-refractivity contribution >= 4 is 54.1 Å². The number of fused-ring (bicyclic) bond motifs is 9. The van der Waals surface area contributed by atoms with E-state index >= 15 is 0 Å². The van der Waals surface area contributed by atoms with Crippen molar-refractivity contribution in [2.45, 2.75) is 0 Å². The summed E-state index contributed by atoms with van der Waals surface area (Å²) < 4.78 is 2.42. The average molecular weight is 624 g/mol. The lowest BCUT2D eigenvalue weighted by Gasteiger charge is -2.14. The van der Waals surface area contributed by atoms with Gasteiger partial charge in [0, 0.05) is 38.5 Å². The minimum absolute atomic E-state index is 0.700. The number of aromatic nitrogens is 3. The molecule has 3 nitrogen and oxygen atoms in total. The maximum Gasteiger partial charge on any atom is 0.160 e. The summed E-state index contributed by atoms with van der Waals surface area (Å²) in [5, 5.41) is 10.0. The van der Waals surface area contributed by atoms with E-state index in [4.69, 9.17) is 9.97 Å². The van der Waals surface area contributed by atoms with Crippen molar-refractivity contribution in [1.82, 2.24) is 14.5 Å². The maximum atomic E-state index is 5.14. The van der Waals surface area contributed by atoms with Crippen LogP contribution in [0.5, 0.6) is 0 Å². The Morgan fingerprint density at radius 1 is 0.347 bits per heavy atom. The van der Waals surface area contributed by atoms with Crippen LogP contribution in [0.15, 0.2) is 176 Å². The molecule has 0 amide bonds. The Kier molecular flexibility index (Phi) is 6.18. The second-order valence-electron chi connectivity index (χ2n) is 12.6. The lowest BCUT2D eigenvalue weighted by molar-refractivity contribution is 1.16. The molecule has 0 atom stereocenters. The van der Waals surface area contributed by atoms with E-state index in [2.05, 4.69) is 168 Å². The summed E-state index contributed by atoms with van der Waals surface area (Å²) in [6.45, 7) is 0. The van der Waals surface area contributed by atoms with E-state index in [0.717, 1.165) is 33.8 Å². The van der Waals surface area contributed by atoms with E-state index in [1.807, 2.05) is 12.1 Å². The van der Waals surface area contributed by atoms with Crippen LogP contribution >= 0.6 is 0 Å². The van der Waals surface area contributed by atoms with Crippen molar-refractivity contribution < 1.29 is 0 Å². The Morgan fingerprint density at radius 2 is 0.878 bits per heavy atom. The van der Waals surface area contributed by atoms with Crippen LogP contribution in [0.25, 0.3) is 93.7 Å². The monoisotopic (exact) mass is 623 g/mol. The molecule has 2 heterocycles. The summed E-state index contributed by atoms with van der Waals surface area (Å²) in [5.74, 6) is 0.700. The second kappa shape index (κ2) is 11.0. The molecule has 2 aromatic heterocycles. The third kappa shape index (κ3) is 4.44. The zero-order valence-electron chi connectivity index (χ0n) is 26.6. The van der Waals surface area contributed by atoms with Gasteiger partial charge in [0.05, 0.1) is 22.4 Å². The predicted octanol–water partition coefficient (Wildman–Crippen LogP) is 12.0. The molecule has 0 spiro atoms. The van der Waals surface area contributed by atoms with Gasteiger partial charge in [-0.3, -0.25) is 0 Å². The largest absolute Gasteiger partial charge is 0.309 e.